The van der Waals surface area contributed by atoms with Gasteiger partial charge in [-0.15, -0.1) is 0 Å². The summed E-state index contributed by atoms with van der Waals surface area (Å²) in [5.74, 6) is 0.704. The summed E-state index contributed by atoms with van der Waals surface area (Å²) in [4.78, 5) is 0. The first-order chi connectivity index (χ1) is 8.91. The SMILES string of the molecule is CC1(C)OB(c2ccccc2C2CCC2)OC1(C)C. The summed E-state index contributed by atoms with van der Waals surface area (Å²) in [7, 11) is -0.221. The highest BCUT2D eigenvalue weighted by Crippen LogP contribution is 2.39. The summed E-state index contributed by atoms with van der Waals surface area (Å²) >= 11 is 0. The van der Waals surface area contributed by atoms with E-state index in [1.54, 1.807) is 0 Å². The average molecular weight is 258 g/mol. The van der Waals surface area contributed by atoms with Gasteiger partial charge in [0.25, 0.3) is 0 Å². The Morgan fingerprint density at radius 3 is 2.11 bits per heavy atom. The van der Waals surface area contributed by atoms with Gasteiger partial charge in [0.2, 0.25) is 0 Å². The fourth-order valence-electron chi connectivity index (χ4n) is 2.79. The highest BCUT2D eigenvalue weighted by Gasteiger charge is 2.52. The van der Waals surface area contributed by atoms with Crippen LogP contribution < -0.4 is 5.46 Å². The van der Waals surface area contributed by atoms with Crippen LogP contribution in [0, 0.1) is 0 Å². The van der Waals surface area contributed by atoms with Crippen molar-refractivity contribution in [2.75, 3.05) is 0 Å². The number of hydrogen-bond donors (Lipinski definition) is 0. The average Bonchev–Trinajstić information content (AvgIpc) is 2.46. The van der Waals surface area contributed by atoms with Crippen LogP contribution in [0.5, 0.6) is 0 Å². The normalized spacial score (nSPS) is 25.4. The summed E-state index contributed by atoms with van der Waals surface area (Å²) in [5.41, 5.74) is 2.13. The molecule has 0 unspecified atom stereocenters. The van der Waals surface area contributed by atoms with Crippen molar-refractivity contribution in [2.45, 2.75) is 64.1 Å². The van der Waals surface area contributed by atoms with Crippen molar-refractivity contribution in [3.05, 3.63) is 29.8 Å². The Labute approximate surface area is 116 Å². The van der Waals surface area contributed by atoms with Crippen molar-refractivity contribution in [1.29, 1.82) is 0 Å². The molecule has 3 heteroatoms. The van der Waals surface area contributed by atoms with Crippen molar-refractivity contribution in [2.24, 2.45) is 0 Å². The topological polar surface area (TPSA) is 18.5 Å². The fraction of sp³-hybridized carbons (Fsp3) is 0.625. The van der Waals surface area contributed by atoms with Gasteiger partial charge in [-0.05, 0) is 57.5 Å². The Hall–Kier alpha value is -0.795. The molecule has 1 saturated carbocycles. The number of hydrogen-bond acceptors (Lipinski definition) is 2. The molecule has 1 aliphatic heterocycles. The van der Waals surface area contributed by atoms with Crippen molar-refractivity contribution in [1.82, 2.24) is 0 Å². The smallest absolute Gasteiger partial charge is 0.399 e. The lowest BCUT2D eigenvalue weighted by molar-refractivity contribution is 0.00578. The maximum absolute atomic E-state index is 6.19. The van der Waals surface area contributed by atoms with Gasteiger partial charge in [0.05, 0.1) is 11.2 Å². The van der Waals surface area contributed by atoms with E-state index in [0.29, 0.717) is 5.92 Å². The molecule has 0 bridgehead atoms. The van der Waals surface area contributed by atoms with E-state index in [0.717, 1.165) is 0 Å². The van der Waals surface area contributed by atoms with E-state index in [9.17, 15) is 0 Å². The summed E-state index contributed by atoms with van der Waals surface area (Å²) in [6, 6.07) is 8.62. The molecule has 0 aromatic heterocycles. The van der Waals surface area contributed by atoms with Crippen LogP contribution in [0.1, 0.15) is 58.4 Å². The Morgan fingerprint density at radius 1 is 1.00 bits per heavy atom. The van der Waals surface area contributed by atoms with Crippen LogP contribution in [0.3, 0.4) is 0 Å². The predicted molar refractivity (Wildman–Crippen MR) is 78.8 cm³/mol. The van der Waals surface area contributed by atoms with Crippen molar-refractivity contribution >= 4 is 12.6 Å². The fourth-order valence-corrected chi connectivity index (χ4v) is 2.79. The van der Waals surface area contributed by atoms with Crippen LogP contribution in [0.15, 0.2) is 24.3 Å². The molecule has 19 heavy (non-hydrogen) atoms. The van der Waals surface area contributed by atoms with Crippen LogP contribution >= 0.6 is 0 Å². The molecule has 1 aliphatic carbocycles. The van der Waals surface area contributed by atoms with Gasteiger partial charge >= 0.3 is 7.12 Å². The maximum Gasteiger partial charge on any atom is 0.495 e. The third kappa shape index (κ3) is 2.13. The first kappa shape index (κ1) is 13.2. The number of rotatable bonds is 2. The molecule has 2 fully saturated rings. The molecule has 1 aromatic rings. The molecule has 1 aromatic carbocycles. The van der Waals surface area contributed by atoms with Crippen molar-refractivity contribution < 1.29 is 9.31 Å². The third-order valence-electron chi connectivity index (χ3n) is 5.05. The summed E-state index contributed by atoms with van der Waals surface area (Å²) < 4.78 is 12.4. The van der Waals surface area contributed by atoms with Crippen LogP contribution in [-0.2, 0) is 9.31 Å². The molecule has 0 atom stereocenters. The molecule has 3 rings (SSSR count). The minimum absolute atomic E-state index is 0.221. The largest absolute Gasteiger partial charge is 0.495 e. The zero-order valence-corrected chi connectivity index (χ0v) is 12.4. The Bertz CT molecular complexity index is 461. The van der Waals surface area contributed by atoms with Crippen LogP contribution in [0.2, 0.25) is 0 Å². The Morgan fingerprint density at radius 2 is 1.58 bits per heavy atom. The second-order valence-electron chi connectivity index (χ2n) is 6.84. The lowest BCUT2D eigenvalue weighted by Gasteiger charge is -2.32. The molecule has 102 valence electrons. The van der Waals surface area contributed by atoms with Gasteiger partial charge in [0.1, 0.15) is 0 Å². The van der Waals surface area contributed by atoms with Crippen LogP contribution in [0.25, 0.3) is 0 Å². The molecule has 1 saturated heterocycles. The van der Waals surface area contributed by atoms with Gasteiger partial charge in [0.15, 0.2) is 0 Å². The molecule has 2 aliphatic rings. The van der Waals surface area contributed by atoms with Gasteiger partial charge in [-0.2, -0.15) is 0 Å². The molecule has 2 nitrogen and oxygen atoms in total. The second-order valence-corrected chi connectivity index (χ2v) is 6.84. The highest BCUT2D eigenvalue weighted by molar-refractivity contribution is 6.62. The summed E-state index contributed by atoms with van der Waals surface area (Å²) in [6.45, 7) is 8.44. The molecule has 1 heterocycles. The Kier molecular flexibility index (Phi) is 3.03. The first-order valence-electron chi connectivity index (χ1n) is 7.35. The molecule has 0 spiro atoms. The van der Waals surface area contributed by atoms with E-state index in [2.05, 4.69) is 52.0 Å². The second kappa shape index (κ2) is 4.36. The maximum atomic E-state index is 6.19. The zero-order valence-electron chi connectivity index (χ0n) is 12.4. The monoisotopic (exact) mass is 258 g/mol. The van der Waals surface area contributed by atoms with E-state index in [1.807, 2.05) is 0 Å². The molecule has 0 radical (unpaired) electrons. The molecular formula is C16H23BO2. The van der Waals surface area contributed by atoms with E-state index in [-0.39, 0.29) is 18.3 Å². The quantitative estimate of drug-likeness (QED) is 0.758. The predicted octanol–water partition coefficient (Wildman–Crippen LogP) is 3.25. The van der Waals surface area contributed by atoms with E-state index in [4.69, 9.17) is 9.31 Å². The Balaban J connectivity index is 1.91. The first-order valence-corrected chi connectivity index (χ1v) is 7.35. The third-order valence-corrected chi connectivity index (χ3v) is 5.05. The lowest BCUT2D eigenvalue weighted by atomic mass is 9.68. The standard InChI is InChI=1S/C16H23BO2/c1-15(2)16(3,4)19-17(18-15)14-11-6-5-10-13(14)12-8-7-9-12/h5-6,10-12H,7-9H2,1-4H3. The minimum atomic E-state index is -0.260. The van der Waals surface area contributed by atoms with E-state index in [1.165, 1.54) is 30.3 Å². The van der Waals surface area contributed by atoms with Gasteiger partial charge in [0, 0.05) is 0 Å². The van der Waals surface area contributed by atoms with Gasteiger partial charge in [-0.1, -0.05) is 30.7 Å². The van der Waals surface area contributed by atoms with E-state index >= 15 is 0 Å². The van der Waals surface area contributed by atoms with Crippen molar-refractivity contribution in [3.8, 4) is 0 Å². The van der Waals surface area contributed by atoms with Gasteiger partial charge in [-0.3, -0.25) is 0 Å². The highest BCUT2D eigenvalue weighted by atomic mass is 16.7. The van der Waals surface area contributed by atoms with Crippen molar-refractivity contribution in [3.63, 3.8) is 0 Å². The summed E-state index contributed by atoms with van der Waals surface area (Å²) in [5, 5.41) is 0. The van der Waals surface area contributed by atoms with Crippen LogP contribution in [0.4, 0.5) is 0 Å². The van der Waals surface area contributed by atoms with Gasteiger partial charge in [-0.25, -0.2) is 0 Å². The zero-order chi connectivity index (χ0) is 13.7. The molecule has 0 N–H and O–H groups in total. The van der Waals surface area contributed by atoms with E-state index < -0.39 is 0 Å². The lowest BCUT2D eigenvalue weighted by Crippen LogP contribution is -2.41. The van der Waals surface area contributed by atoms with Gasteiger partial charge < -0.3 is 9.31 Å². The molecule has 0 amide bonds. The summed E-state index contributed by atoms with van der Waals surface area (Å²) in [6.07, 6.45) is 3.95. The molecular weight excluding hydrogens is 235 g/mol. The number of benzene rings is 1. The van der Waals surface area contributed by atoms with Crippen LogP contribution in [-0.4, -0.2) is 18.3 Å². The minimum Gasteiger partial charge on any atom is -0.399 e.